The van der Waals surface area contributed by atoms with E-state index < -0.39 is 46.0 Å². The number of sulfone groups is 1. The van der Waals surface area contributed by atoms with Gasteiger partial charge in [0, 0.05) is 6.26 Å². The Morgan fingerprint density at radius 1 is 1.19 bits per heavy atom. The van der Waals surface area contributed by atoms with Crippen molar-refractivity contribution < 1.29 is 31.1 Å². The number of carbonyl (C=O) groups is 1. The largest absolute Gasteiger partial charge is 0.573 e. The molecule has 0 spiro atoms. The van der Waals surface area contributed by atoms with Crippen LogP contribution in [0.1, 0.15) is 18.5 Å². The van der Waals surface area contributed by atoms with E-state index in [0.29, 0.717) is 5.56 Å². The second-order valence-corrected chi connectivity index (χ2v) is 8.93. The van der Waals surface area contributed by atoms with Gasteiger partial charge in [0.15, 0.2) is 9.84 Å². The summed E-state index contributed by atoms with van der Waals surface area (Å²) in [5.74, 6) is -0.978. The molecule has 3 aromatic rings. The predicted molar refractivity (Wildman–Crippen MR) is 107 cm³/mol. The molecule has 0 aliphatic heterocycles. The van der Waals surface area contributed by atoms with Gasteiger partial charge in [-0.25, -0.2) is 13.1 Å². The Labute approximate surface area is 179 Å². The normalized spacial score (nSPS) is 13.0. The molecule has 9 nitrogen and oxygen atoms in total. The molecule has 1 aromatic heterocycles. The summed E-state index contributed by atoms with van der Waals surface area (Å²) in [6.07, 6.45) is -3.78. The summed E-state index contributed by atoms with van der Waals surface area (Å²) < 4.78 is 64.6. The molecule has 0 aliphatic rings. The van der Waals surface area contributed by atoms with Crippen LogP contribution in [0.3, 0.4) is 0 Å². The first kappa shape index (κ1) is 23.2. The minimum Gasteiger partial charge on any atom is -0.406 e. The van der Waals surface area contributed by atoms with E-state index in [4.69, 9.17) is 0 Å². The van der Waals surface area contributed by atoms with Crippen molar-refractivity contribution in [3.63, 3.8) is 0 Å². The van der Waals surface area contributed by atoms with E-state index in [1.807, 2.05) is 0 Å². The Bertz CT molecular complexity index is 1320. The zero-order valence-electron chi connectivity index (χ0n) is 16.8. The molecule has 0 saturated heterocycles. The fourth-order valence-corrected chi connectivity index (χ4v) is 3.50. The monoisotopic (exact) mass is 470 g/mol. The molecule has 13 heteroatoms. The molecule has 32 heavy (non-hydrogen) atoms. The molecule has 3 rings (SSSR count). The lowest BCUT2D eigenvalue weighted by atomic mass is 10.1. The lowest BCUT2D eigenvalue weighted by Gasteiger charge is -2.15. The number of fused-ring (bicyclic) bond motifs is 1. The summed E-state index contributed by atoms with van der Waals surface area (Å²) in [7, 11) is -3.49. The fraction of sp³-hybridized carbons (Fsp3) is 0.263. The van der Waals surface area contributed by atoms with Crippen molar-refractivity contribution in [3.8, 4) is 5.75 Å². The molecule has 1 amide bonds. The van der Waals surface area contributed by atoms with E-state index in [2.05, 4.69) is 20.4 Å². The van der Waals surface area contributed by atoms with E-state index in [9.17, 15) is 31.2 Å². The Kier molecular flexibility index (Phi) is 6.21. The highest BCUT2D eigenvalue weighted by atomic mass is 32.2. The first-order valence-corrected chi connectivity index (χ1v) is 11.0. The number of rotatable bonds is 6. The number of hydrogen-bond acceptors (Lipinski definition) is 7. The van der Waals surface area contributed by atoms with E-state index in [-0.39, 0.29) is 15.8 Å². The average molecular weight is 470 g/mol. The molecular weight excluding hydrogens is 453 g/mol. The Morgan fingerprint density at radius 2 is 1.84 bits per heavy atom. The molecular formula is C19H17F3N4O5S. The van der Waals surface area contributed by atoms with Gasteiger partial charge in [0.2, 0.25) is 5.91 Å². The summed E-state index contributed by atoms with van der Waals surface area (Å²) in [5.41, 5.74) is -0.0475. The van der Waals surface area contributed by atoms with Crippen molar-refractivity contribution in [2.45, 2.75) is 30.8 Å². The van der Waals surface area contributed by atoms with Crippen LogP contribution in [0.15, 0.2) is 52.2 Å². The van der Waals surface area contributed by atoms with E-state index >= 15 is 0 Å². The van der Waals surface area contributed by atoms with Gasteiger partial charge in [-0.15, -0.1) is 18.3 Å². The molecule has 1 N–H and O–H groups in total. The number of nitrogens with one attached hydrogen (secondary N) is 1. The van der Waals surface area contributed by atoms with Crippen LogP contribution in [0.2, 0.25) is 0 Å². The van der Waals surface area contributed by atoms with Gasteiger partial charge >= 0.3 is 6.36 Å². The van der Waals surface area contributed by atoms with Crippen LogP contribution in [-0.4, -0.2) is 41.9 Å². The van der Waals surface area contributed by atoms with Crippen LogP contribution in [0.5, 0.6) is 5.75 Å². The number of halogens is 3. The van der Waals surface area contributed by atoms with E-state index in [0.717, 1.165) is 23.1 Å². The molecule has 2 aromatic carbocycles. The number of ether oxygens (including phenoxy) is 1. The molecule has 0 radical (unpaired) electrons. The van der Waals surface area contributed by atoms with Crippen molar-refractivity contribution >= 4 is 26.6 Å². The highest BCUT2D eigenvalue weighted by molar-refractivity contribution is 7.90. The Morgan fingerprint density at radius 3 is 2.44 bits per heavy atom. The maximum absolute atomic E-state index is 12.6. The highest BCUT2D eigenvalue weighted by Crippen LogP contribution is 2.24. The van der Waals surface area contributed by atoms with E-state index in [1.54, 1.807) is 6.92 Å². The van der Waals surface area contributed by atoms with Crippen molar-refractivity contribution in [1.82, 2.24) is 20.3 Å². The van der Waals surface area contributed by atoms with Gasteiger partial charge in [0.05, 0.1) is 16.3 Å². The molecule has 170 valence electrons. The third-order valence-corrected chi connectivity index (χ3v) is 5.52. The van der Waals surface area contributed by atoms with Crippen molar-refractivity contribution in [2.75, 3.05) is 6.26 Å². The lowest BCUT2D eigenvalue weighted by Crippen LogP contribution is -2.35. The summed E-state index contributed by atoms with van der Waals surface area (Å²) >= 11 is 0. The Hall–Kier alpha value is -3.48. The predicted octanol–water partition coefficient (Wildman–Crippen LogP) is 1.97. The molecule has 0 aliphatic carbocycles. The minimum absolute atomic E-state index is 0.0188. The van der Waals surface area contributed by atoms with Crippen molar-refractivity contribution in [1.29, 1.82) is 0 Å². The lowest BCUT2D eigenvalue weighted by molar-refractivity contribution is -0.274. The van der Waals surface area contributed by atoms with Crippen LogP contribution in [-0.2, 0) is 21.2 Å². The number of carbonyl (C=O) groups excluding carboxylic acids is 1. The first-order chi connectivity index (χ1) is 14.8. The smallest absolute Gasteiger partial charge is 0.406 e. The fourth-order valence-electron chi connectivity index (χ4n) is 2.86. The van der Waals surface area contributed by atoms with Crippen LogP contribution >= 0.6 is 0 Å². The molecule has 0 fully saturated rings. The number of amides is 1. The summed E-state index contributed by atoms with van der Waals surface area (Å²) in [6.45, 7) is 1.15. The van der Waals surface area contributed by atoms with Gasteiger partial charge in [-0.2, -0.15) is 0 Å². The van der Waals surface area contributed by atoms with Crippen molar-refractivity contribution in [2.24, 2.45) is 0 Å². The van der Waals surface area contributed by atoms with Gasteiger partial charge in [-0.3, -0.25) is 9.59 Å². The molecule has 0 bridgehead atoms. The van der Waals surface area contributed by atoms with Crippen LogP contribution < -0.4 is 15.6 Å². The van der Waals surface area contributed by atoms with Crippen LogP contribution in [0.4, 0.5) is 13.2 Å². The quantitative estimate of drug-likeness (QED) is 0.585. The summed E-state index contributed by atoms with van der Waals surface area (Å²) in [5, 5.41) is 10.2. The summed E-state index contributed by atoms with van der Waals surface area (Å²) in [4.78, 5) is 24.9. The number of benzene rings is 2. The second kappa shape index (κ2) is 8.57. The number of aromatic nitrogens is 3. The van der Waals surface area contributed by atoms with Gasteiger partial charge in [0.25, 0.3) is 5.56 Å². The SMILES string of the molecule is C[C@H](NC(=O)Cn1nnc2cc(S(C)(=O)=O)ccc2c1=O)c1ccc(OC(F)(F)F)cc1. The van der Waals surface area contributed by atoms with Gasteiger partial charge < -0.3 is 10.1 Å². The topological polar surface area (TPSA) is 120 Å². The first-order valence-electron chi connectivity index (χ1n) is 9.06. The molecule has 1 heterocycles. The zero-order chi connectivity index (χ0) is 23.7. The molecule has 0 unspecified atom stereocenters. The molecule has 1 atom stereocenters. The minimum atomic E-state index is -4.80. The third-order valence-electron chi connectivity index (χ3n) is 4.41. The number of hydrogen-bond donors (Lipinski definition) is 1. The van der Waals surface area contributed by atoms with Crippen LogP contribution in [0.25, 0.3) is 10.9 Å². The number of nitrogens with zero attached hydrogens (tertiary/aromatic N) is 3. The Balaban J connectivity index is 1.71. The third kappa shape index (κ3) is 5.60. The highest BCUT2D eigenvalue weighted by Gasteiger charge is 2.31. The van der Waals surface area contributed by atoms with Gasteiger partial charge in [-0.05, 0) is 42.8 Å². The average Bonchev–Trinajstić information content (AvgIpc) is 2.68. The van der Waals surface area contributed by atoms with E-state index in [1.165, 1.54) is 30.3 Å². The zero-order valence-corrected chi connectivity index (χ0v) is 17.6. The maximum atomic E-state index is 12.6. The van der Waals surface area contributed by atoms with Gasteiger partial charge in [-0.1, -0.05) is 17.3 Å². The molecule has 0 saturated carbocycles. The standard InChI is InChI=1S/C19H17F3N4O5S/c1-11(12-3-5-13(6-4-12)31-19(20,21)22)23-17(27)10-26-18(28)15-8-7-14(32(2,29)30)9-16(15)24-25-26/h3-9,11H,10H2,1-2H3,(H,23,27)/t11-/m0/s1. The number of alkyl halides is 3. The second-order valence-electron chi connectivity index (χ2n) is 6.91. The summed E-state index contributed by atoms with van der Waals surface area (Å²) in [6, 6.07) is 8.18. The van der Waals surface area contributed by atoms with Crippen LogP contribution in [0, 0.1) is 0 Å². The van der Waals surface area contributed by atoms with Crippen molar-refractivity contribution in [3.05, 3.63) is 58.4 Å². The maximum Gasteiger partial charge on any atom is 0.573 e. The van der Waals surface area contributed by atoms with Gasteiger partial charge in [0.1, 0.15) is 17.8 Å².